The molecule has 2 aromatic rings. The van der Waals surface area contributed by atoms with Crippen LogP contribution < -0.4 is 4.72 Å². The lowest BCUT2D eigenvalue weighted by Crippen LogP contribution is -2.19. The van der Waals surface area contributed by atoms with Crippen molar-refractivity contribution in [3.8, 4) is 11.3 Å². The van der Waals surface area contributed by atoms with Crippen LogP contribution in [0.15, 0.2) is 36.5 Å². The molecule has 8 heteroatoms. The molecule has 0 bridgehead atoms. The Morgan fingerprint density at radius 3 is 2.57 bits per heavy atom. The lowest BCUT2D eigenvalue weighted by molar-refractivity contribution is -0.140. The SMILES string of the molecule is COC(=O)CCS(=O)(=O)Nc1ccc(-c2ccn[nH]2)cc1. The second-order valence-electron chi connectivity index (χ2n) is 4.29. The minimum absolute atomic E-state index is 0.182. The van der Waals surface area contributed by atoms with Crippen LogP contribution in [0.1, 0.15) is 6.42 Å². The van der Waals surface area contributed by atoms with Crippen LogP contribution in [0.5, 0.6) is 0 Å². The molecule has 0 spiro atoms. The van der Waals surface area contributed by atoms with Gasteiger partial charge in [0.15, 0.2) is 0 Å². The number of sulfonamides is 1. The smallest absolute Gasteiger partial charge is 0.306 e. The molecular weight excluding hydrogens is 294 g/mol. The largest absolute Gasteiger partial charge is 0.469 e. The third-order valence-electron chi connectivity index (χ3n) is 2.77. The molecule has 0 fully saturated rings. The Bertz CT molecular complexity index is 694. The fourth-order valence-corrected chi connectivity index (χ4v) is 2.72. The highest BCUT2D eigenvalue weighted by atomic mass is 32.2. The first kappa shape index (κ1) is 15.0. The van der Waals surface area contributed by atoms with Gasteiger partial charge in [0.05, 0.1) is 25.0 Å². The lowest BCUT2D eigenvalue weighted by Gasteiger charge is -2.08. The molecule has 0 aliphatic heterocycles. The standard InChI is InChI=1S/C13H15N3O4S/c1-20-13(17)7-9-21(18,19)16-11-4-2-10(3-5-11)12-6-8-14-15-12/h2-6,8,16H,7,9H2,1H3,(H,14,15). The summed E-state index contributed by atoms with van der Waals surface area (Å²) in [6.07, 6.45) is 1.46. The van der Waals surface area contributed by atoms with Crippen molar-refractivity contribution in [1.82, 2.24) is 10.2 Å². The Morgan fingerprint density at radius 2 is 2.00 bits per heavy atom. The Balaban J connectivity index is 2.01. The molecule has 1 aromatic heterocycles. The molecule has 21 heavy (non-hydrogen) atoms. The Hall–Kier alpha value is -2.35. The lowest BCUT2D eigenvalue weighted by atomic mass is 10.1. The quantitative estimate of drug-likeness (QED) is 0.785. The maximum absolute atomic E-state index is 11.8. The second-order valence-corrected chi connectivity index (χ2v) is 6.14. The maximum Gasteiger partial charge on any atom is 0.306 e. The van der Waals surface area contributed by atoms with Crippen LogP contribution in [0.25, 0.3) is 11.3 Å². The van der Waals surface area contributed by atoms with E-state index >= 15 is 0 Å². The molecule has 0 unspecified atom stereocenters. The van der Waals surface area contributed by atoms with E-state index in [0.29, 0.717) is 5.69 Å². The highest BCUT2D eigenvalue weighted by Gasteiger charge is 2.13. The van der Waals surface area contributed by atoms with Gasteiger partial charge in [-0.2, -0.15) is 5.10 Å². The first-order chi connectivity index (χ1) is 10.00. The van der Waals surface area contributed by atoms with Crippen LogP contribution in [0.2, 0.25) is 0 Å². The van der Waals surface area contributed by atoms with Crippen LogP contribution in [-0.2, 0) is 19.6 Å². The van der Waals surface area contributed by atoms with Gasteiger partial charge in [0.1, 0.15) is 0 Å². The zero-order valence-electron chi connectivity index (χ0n) is 11.4. The van der Waals surface area contributed by atoms with E-state index in [0.717, 1.165) is 11.3 Å². The van der Waals surface area contributed by atoms with Gasteiger partial charge in [-0.3, -0.25) is 14.6 Å². The summed E-state index contributed by atoms with van der Waals surface area (Å²) in [6.45, 7) is 0. The van der Waals surface area contributed by atoms with E-state index in [2.05, 4.69) is 19.7 Å². The van der Waals surface area contributed by atoms with Gasteiger partial charge in [-0.25, -0.2) is 8.42 Å². The van der Waals surface area contributed by atoms with E-state index in [-0.39, 0.29) is 12.2 Å². The van der Waals surface area contributed by atoms with Gasteiger partial charge in [0.2, 0.25) is 10.0 Å². The molecule has 1 aromatic carbocycles. The van der Waals surface area contributed by atoms with Crippen LogP contribution >= 0.6 is 0 Å². The van der Waals surface area contributed by atoms with Gasteiger partial charge >= 0.3 is 5.97 Å². The highest BCUT2D eigenvalue weighted by Crippen LogP contribution is 2.19. The number of H-pyrrole nitrogens is 1. The third kappa shape index (κ3) is 4.32. The van der Waals surface area contributed by atoms with E-state index in [4.69, 9.17) is 0 Å². The van der Waals surface area contributed by atoms with Gasteiger partial charge in [0.25, 0.3) is 0 Å². The number of ether oxygens (including phenoxy) is 1. The average molecular weight is 309 g/mol. The van der Waals surface area contributed by atoms with Crippen LogP contribution in [0.3, 0.4) is 0 Å². The summed E-state index contributed by atoms with van der Waals surface area (Å²) >= 11 is 0. The zero-order valence-corrected chi connectivity index (χ0v) is 12.2. The minimum Gasteiger partial charge on any atom is -0.469 e. The maximum atomic E-state index is 11.8. The molecule has 2 rings (SSSR count). The van der Waals surface area contributed by atoms with E-state index < -0.39 is 16.0 Å². The number of carbonyl (C=O) groups is 1. The topological polar surface area (TPSA) is 101 Å². The summed E-state index contributed by atoms with van der Waals surface area (Å²) in [4.78, 5) is 11.0. The number of hydrogen-bond acceptors (Lipinski definition) is 5. The van der Waals surface area contributed by atoms with E-state index in [1.165, 1.54) is 7.11 Å². The molecule has 0 aliphatic carbocycles. The van der Waals surface area contributed by atoms with Crippen LogP contribution in [-0.4, -0.2) is 37.4 Å². The van der Waals surface area contributed by atoms with Gasteiger partial charge in [-0.05, 0) is 23.8 Å². The van der Waals surface area contributed by atoms with Gasteiger partial charge in [-0.15, -0.1) is 0 Å². The zero-order chi connectivity index (χ0) is 15.3. The molecule has 1 heterocycles. The molecule has 0 saturated carbocycles. The molecule has 0 saturated heterocycles. The molecular formula is C13H15N3O4S. The third-order valence-corrected chi connectivity index (χ3v) is 4.06. The summed E-state index contributed by atoms with van der Waals surface area (Å²) < 4.78 is 30.4. The molecule has 2 N–H and O–H groups in total. The number of aromatic nitrogens is 2. The molecule has 7 nitrogen and oxygen atoms in total. The van der Waals surface area contributed by atoms with Crippen molar-refractivity contribution in [3.63, 3.8) is 0 Å². The van der Waals surface area contributed by atoms with E-state index in [1.807, 2.05) is 6.07 Å². The van der Waals surface area contributed by atoms with Crippen molar-refractivity contribution in [2.75, 3.05) is 17.6 Å². The summed E-state index contributed by atoms with van der Waals surface area (Å²) in [5.74, 6) is -0.878. The number of anilines is 1. The summed E-state index contributed by atoms with van der Waals surface area (Å²) in [7, 11) is -2.36. The monoisotopic (exact) mass is 309 g/mol. The van der Waals surface area contributed by atoms with Crippen molar-refractivity contribution in [1.29, 1.82) is 0 Å². The van der Waals surface area contributed by atoms with Gasteiger partial charge < -0.3 is 4.74 Å². The number of aromatic amines is 1. The van der Waals surface area contributed by atoms with Crippen molar-refractivity contribution in [2.24, 2.45) is 0 Å². The number of methoxy groups -OCH3 is 1. The number of carbonyl (C=O) groups excluding carboxylic acids is 1. The predicted molar refractivity (Wildman–Crippen MR) is 78.1 cm³/mol. The molecule has 0 atom stereocenters. The van der Waals surface area contributed by atoms with Crippen molar-refractivity contribution in [3.05, 3.63) is 36.5 Å². The fourth-order valence-electron chi connectivity index (χ4n) is 1.68. The Morgan fingerprint density at radius 1 is 1.29 bits per heavy atom. The van der Waals surface area contributed by atoms with Crippen LogP contribution in [0, 0.1) is 0 Å². The second kappa shape index (κ2) is 6.40. The van der Waals surface area contributed by atoms with Crippen molar-refractivity contribution >= 4 is 21.7 Å². The average Bonchev–Trinajstić information content (AvgIpc) is 2.99. The molecule has 0 amide bonds. The van der Waals surface area contributed by atoms with Gasteiger partial charge in [-0.1, -0.05) is 12.1 Å². The number of hydrogen-bond donors (Lipinski definition) is 2. The Kier molecular flexibility index (Phi) is 4.59. The normalized spacial score (nSPS) is 11.1. The minimum atomic E-state index is -3.58. The number of benzene rings is 1. The number of nitrogens with zero attached hydrogens (tertiary/aromatic N) is 1. The molecule has 112 valence electrons. The van der Waals surface area contributed by atoms with Gasteiger partial charge in [0, 0.05) is 11.9 Å². The first-order valence-corrected chi connectivity index (χ1v) is 7.82. The summed E-state index contributed by atoms with van der Waals surface area (Å²) in [5, 5.41) is 6.67. The fraction of sp³-hybridized carbons (Fsp3) is 0.231. The number of rotatable bonds is 6. The summed E-state index contributed by atoms with van der Waals surface area (Å²) in [6, 6.07) is 8.64. The predicted octanol–water partition coefficient (Wildman–Crippen LogP) is 1.38. The van der Waals surface area contributed by atoms with E-state index in [1.54, 1.807) is 30.5 Å². The van der Waals surface area contributed by atoms with E-state index in [9.17, 15) is 13.2 Å². The first-order valence-electron chi connectivity index (χ1n) is 6.17. The van der Waals surface area contributed by atoms with Crippen molar-refractivity contribution < 1.29 is 17.9 Å². The molecule has 0 aliphatic rings. The number of esters is 1. The van der Waals surface area contributed by atoms with Crippen molar-refractivity contribution in [2.45, 2.75) is 6.42 Å². The highest BCUT2D eigenvalue weighted by molar-refractivity contribution is 7.92. The van der Waals surface area contributed by atoms with Crippen LogP contribution in [0.4, 0.5) is 5.69 Å². The number of nitrogens with one attached hydrogen (secondary N) is 2. The molecule has 0 radical (unpaired) electrons. The Labute approximate surface area is 122 Å². The summed E-state index contributed by atoms with van der Waals surface area (Å²) in [5.41, 5.74) is 2.17.